The minimum absolute atomic E-state index is 0.336. The van der Waals surface area contributed by atoms with Crippen LogP contribution in [-0.2, 0) is 0 Å². The van der Waals surface area contributed by atoms with Crippen molar-refractivity contribution in [3.8, 4) is 11.5 Å². The van der Waals surface area contributed by atoms with Crippen molar-refractivity contribution in [2.45, 2.75) is 19.3 Å². The molecule has 1 aromatic carbocycles. The molecule has 1 heterocycles. The van der Waals surface area contributed by atoms with Gasteiger partial charge < -0.3 is 9.47 Å². The lowest BCUT2D eigenvalue weighted by Crippen LogP contribution is -1.94. The van der Waals surface area contributed by atoms with E-state index in [1.807, 2.05) is 12.1 Å². The van der Waals surface area contributed by atoms with Crippen molar-refractivity contribution in [3.05, 3.63) is 23.8 Å². The van der Waals surface area contributed by atoms with Gasteiger partial charge in [0, 0.05) is 5.88 Å². The first-order chi connectivity index (χ1) is 6.81. The van der Waals surface area contributed by atoms with Crippen LogP contribution in [0.5, 0.6) is 11.5 Å². The van der Waals surface area contributed by atoms with Gasteiger partial charge in [0.2, 0.25) is 6.79 Å². The quantitative estimate of drug-likeness (QED) is 0.717. The number of halogens is 1. The van der Waals surface area contributed by atoms with Crippen molar-refractivity contribution in [2.24, 2.45) is 0 Å². The second-order valence-corrected chi connectivity index (χ2v) is 3.87. The summed E-state index contributed by atoms with van der Waals surface area (Å²) in [6, 6.07) is 6.08. The summed E-state index contributed by atoms with van der Waals surface area (Å²) in [5.41, 5.74) is 1.26. The molecule has 14 heavy (non-hydrogen) atoms. The third kappa shape index (κ3) is 1.80. The number of rotatable bonds is 3. The lowest BCUT2D eigenvalue weighted by atomic mass is 9.98. The van der Waals surface area contributed by atoms with Crippen LogP contribution < -0.4 is 9.47 Å². The monoisotopic (exact) mass is 212 g/mol. The zero-order chi connectivity index (χ0) is 9.97. The van der Waals surface area contributed by atoms with E-state index in [1.165, 1.54) is 5.56 Å². The Hall–Kier alpha value is -0.890. The summed E-state index contributed by atoms with van der Waals surface area (Å²) in [6.07, 6.45) is 0.987. The lowest BCUT2D eigenvalue weighted by molar-refractivity contribution is 0.174. The van der Waals surface area contributed by atoms with E-state index in [1.54, 1.807) is 0 Å². The van der Waals surface area contributed by atoms with E-state index in [-0.39, 0.29) is 0 Å². The molecular weight excluding hydrogens is 200 g/mol. The van der Waals surface area contributed by atoms with Crippen molar-refractivity contribution in [1.29, 1.82) is 0 Å². The summed E-state index contributed by atoms with van der Waals surface area (Å²) in [4.78, 5) is 0. The number of benzene rings is 1. The molecule has 0 bridgehead atoms. The zero-order valence-corrected chi connectivity index (χ0v) is 8.88. The molecule has 0 saturated heterocycles. The average Bonchev–Trinajstić information content (AvgIpc) is 2.64. The van der Waals surface area contributed by atoms with E-state index in [0.717, 1.165) is 17.9 Å². The Kier molecular flexibility index (Phi) is 2.82. The summed E-state index contributed by atoms with van der Waals surface area (Å²) >= 11 is 5.71. The van der Waals surface area contributed by atoms with Crippen LogP contribution in [0.15, 0.2) is 18.2 Å². The number of hydrogen-bond acceptors (Lipinski definition) is 2. The van der Waals surface area contributed by atoms with Crippen LogP contribution in [0, 0.1) is 0 Å². The van der Waals surface area contributed by atoms with Gasteiger partial charge in [0.05, 0.1) is 0 Å². The molecule has 0 fully saturated rings. The zero-order valence-electron chi connectivity index (χ0n) is 8.13. The molecule has 1 unspecified atom stereocenters. The first kappa shape index (κ1) is 9.66. The van der Waals surface area contributed by atoms with E-state index in [0.29, 0.717) is 18.6 Å². The van der Waals surface area contributed by atoms with E-state index in [4.69, 9.17) is 21.1 Å². The Bertz CT molecular complexity index is 325. The summed E-state index contributed by atoms with van der Waals surface area (Å²) < 4.78 is 10.6. The second kappa shape index (κ2) is 4.09. The minimum Gasteiger partial charge on any atom is -0.454 e. The summed E-state index contributed by atoms with van der Waals surface area (Å²) in [5.74, 6) is 2.85. The van der Waals surface area contributed by atoms with E-state index < -0.39 is 0 Å². The number of ether oxygens (including phenoxy) is 2. The number of fused-ring (bicyclic) bond motifs is 1. The highest BCUT2D eigenvalue weighted by Crippen LogP contribution is 2.35. The standard InChI is InChI=1S/C11H13ClO2/c1-8(4-5-12)9-2-3-10-11(6-9)14-7-13-10/h2-3,6,8H,4-5,7H2,1H3. The van der Waals surface area contributed by atoms with Crippen molar-refractivity contribution in [2.75, 3.05) is 12.7 Å². The first-order valence-corrected chi connectivity index (χ1v) is 5.30. The summed E-state index contributed by atoms with van der Waals surface area (Å²) in [6.45, 7) is 2.50. The highest BCUT2D eigenvalue weighted by atomic mass is 35.5. The molecule has 1 atom stereocenters. The molecule has 0 N–H and O–H groups in total. The Labute approximate surface area is 88.8 Å². The average molecular weight is 213 g/mol. The third-order valence-electron chi connectivity index (χ3n) is 2.51. The smallest absolute Gasteiger partial charge is 0.231 e. The van der Waals surface area contributed by atoms with Crippen LogP contribution in [0.25, 0.3) is 0 Å². The fraction of sp³-hybridized carbons (Fsp3) is 0.455. The molecule has 0 aromatic heterocycles. The van der Waals surface area contributed by atoms with Gasteiger partial charge in [-0.25, -0.2) is 0 Å². The maximum atomic E-state index is 5.71. The lowest BCUT2D eigenvalue weighted by Gasteiger charge is -2.10. The minimum atomic E-state index is 0.336. The van der Waals surface area contributed by atoms with Gasteiger partial charge in [-0.1, -0.05) is 13.0 Å². The van der Waals surface area contributed by atoms with Crippen molar-refractivity contribution >= 4 is 11.6 Å². The van der Waals surface area contributed by atoms with Gasteiger partial charge in [-0.15, -0.1) is 11.6 Å². The molecule has 0 aliphatic carbocycles. The highest BCUT2D eigenvalue weighted by Gasteiger charge is 2.15. The van der Waals surface area contributed by atoms with Crippen LogP contribution >= 0.6 is 11.6 Å². The van der Waals surface area contributed by atoms with E-state index in [9.17, 15) is 0 Å². The maximum Gasteiger partial charge on any atom is 0.231 e. The third-order valence-corrected chi connectivity index (χ3v) is 2.73. The molecule has 0 spiro atoms. The summed E-state index contributed by atoms with van der Waals surface area (Å²) in [7, 11) is 0. The van der Waals surface area contributed by atoms with Crippen molar-refractivity contribution < 1.29 is 9.47 Å². The van der Waals surface area contributed by atoms with Gasteiger partial charge >= 0.3 is 0 Å². The molecular formula is C11H13ClO2. The largest absolute Gasteiger partial charge is 0.454 e. The topological polar surface area (TPSA) is 18.5 Å². The predicted molar refractivity (Wildman–Crippen MR) is 56.3 cm³/mol. The molecule has 1 aromatic rings. The van der Waals surface area contributed by atoms with Crippen LogP contribution in [-0.4, -0.2) is 12.7 Å². The normalized spacial score (nSPS) is 15.6. The van der Waals surface area contributed by atoms with Crippen LogP contribution in [0.4, 0.5) is 0 Å². The van der Waals surface area contributed by atoms with Crippen LogP contribution in [0.3, 0.4) is 0 Å². The second-order valence-electron chi connectivity index (χ2n) is 3.49. The van der Waals surface area contributed by atoms with Crippen LogP contribution in [0.2, 0.25) is 0 Å². The molecule has 1 aliphatic rings. The van der Waals surface area contributed by atoms with E-state index in [2.05, 4.69) is 13.0 Å². The van der Waals surface area contributed by atoms with E-state index >= 15 is 0 Å². The number of hydrogen-bond donors (Lipinski definition) is 0. The molecule has 2 nitrogen and oxygen atoms in total. The Morgan fingerprint density at radius 1 is 1.36 bits per heavy atom. The van der Waals surface area contributed by atoms with Gasteiger partial charge in [-0.3, -0.25) is 0 Å². The fourth-order valence-corrected chi connectivity index (χ4v) is 1.88. The molecule has 3 heteroatoms. The molecule has 0 radical (unpaired) electrons. The van der Waals surface area contributed by atoms with Crippen molar-refractivity contribution in [1.82, 2.24) is 0 Å². The first-order valence-electron chi connectivity index (χ1n) is 4.77. The van der Waals surface area contributed by atoms with Gasteiger partial charge in [0.15, 0.2) is 11.5 Å². The molecule has 2 rings (SSSR count). The molecule has 76 valence electrons. The fourth-order valence-electron chi connectivity index (χ4n) is 1.55. The Morgan fingerprint density at radius 2 is 2.14 bits per heavy atom. The molecule has 1 aliphatic heterocycles. The summed E-state index contributed by atoms with van der Waals surface area (Å²) in [5, 5.41) is 0. The Balaban J connectivity index is 2.19. The predicted octanol–water partition coefficient (Wildman–Crippen LogP) is 3.15. The van der Waals surface area contributed by atoms with Gasteiger partial charge in [0.1, 0.15) is 0 Å². The Morgan fingerprint density at radius 3 is 2.93 bits per heavy atom. The maximum absolute atomic E-state index is 5.71. The number of alkyl halides is 1. The molecule has 0 amide bonds. The van der Waals surface area contributed by atoms with Gasteiger partial charge in [-0.2, -0.15) is 0 Å². The van der Waals surface area contributed by atoms with Crippen molar-refractivity contribution in [3.63, 3.8) is 0 Å². The highest BCUT2D eigenvalue weighted by molar-refractivity contribution is 6.17. The van der Waals surface area contributed by atoms with Crippen LogP contribution in [0.1, 0.15) is 24.8 Å². The SMILES string of the molecule is CC(CCCl)c1ccc2c(c1)OCO2. The van der Waals surface area contributed by atoms with Gasteiger partial charge in [-0.05, 0) is 30.0 Å². The molecule has 0 saturated carbocycles. The van der Waals surface area contributed by atoms with Gasteiger partial charge in [0.25, 0.3) is 0 Å².